The summed E-state index contributed by atoms with van der Waals surface area (Å²) in [6.45, 7) is 26.6. The molecule has 5 aromatic carbocycles. The zero-order valence-corrected chi connectivity index (χ0v) is 35.6. The fraction of sp³-hybridized carbons (Fsp3) is 0.358. The number of hydrogen-bond acceptors (Lipinski definition) is 1. The summed E-state index contributed by atoms with van der Waals surface area (Å²) in [6.07, 6.45) is 9.86. The highest BCUT2D eigenvalue weighted by Crippen LogP contribution is 2.41. The van der Waals surface area contributed by atoms with E-state index in [4.69, 9.17) is 5.73 Å². The van der Waals surface area contributed by atoms with Crippen molar-refractivity contribution in [2.75, 3.05) is 5.73 Å². The number of unbranched alkanes of at least 4 members (excludes halogenated alkanes) is 3. The highest BCUT2D eigenvalue weighted by Gasteiger charge is 2.21. The van der Waals surface area contributed by atoms with E-state index >= 15 is 0 Å². The Morgan fingerprint density at radius 2 is 1.13 bits per heavy atom. The van der Waals surface area contributed by atoms with E-state index in [9.17, 15) is 0 Å². The summed E-state index contributed by atoms with van der Waals surface area (Å²) in [4.78, 5) is 0. The molecule has 0 spiro atoms. The molecule has 1 unspecified atom stereocenters. The van der Waals surface area contributed by atoms with Crippen LogP contribution in [0.1, 0.15) is 115 Å². The van der Waals surface area contributed by atoms with Gasteiger partial charge in [0.15, 0.2) is 0 Å². The van der Waals surface area contributed by atoms with Gasteiger partial charge < -0.3 is 5.73 Å². The van der Waals surface area contributed by atoms with Crippen molar-refractivity contribution in [1.82, 2.24) is 0 Å². The Hall–Kier alpha value is -4.62. The highest BCUT2D eigenvalue weighted by atomic mass is 14.6. The summed E-state index contributed by atoms with van der Waals surface area (Å²) in [5.41, 5.74) is 30.5. The molecule has 284 valence electrons. The normalized spacial score (nSPS) is 13.8. The highest BCUT2D eigenvalue weighted by molar-refractivity contribution is 5.83. The van der Waals surface area contributed by atoms with Gasteiger partial charge in [0.25, 0.3) is 0 Å². The third kappa shape index (κ3) is 11.0. The molecule has 6 rings (SSSR count). The first-order chi connectivity index (χ1) is 25.7. The number of benzene rings is 5. The molecule has 54 heavy (non-hydrogen) atoms. The van der Waals surface area contributed by atoms with Gasteiger partial charge in [0.05, 0.1) is 0 Å². The van der Waals surface area contributed by atoms with E-state index in [1.165, 1.54) is 127 Å². The third-order valence-corrected chi connectivity index (χ3v) is 11.2. The van der Waals surface area contributed by atoms with Crippen LogP contribution in [-0.2, 0) is 6.42 Å². The second-order valence-corrected chi connectivity index (χ2v) is 16.1. The fourth-order valence-corrected chi connectivity index (χ4v) is 8.15. The molecule has 5 aromatic rings. The number of hydrogen-bond donors (Lipinski definition) is 1. The van der Waals surface area contributed by atoms with Gasteiger partial charge in [0.2, 0.25) is 0 Å². The summed E-state index contributed by atoms with van der Waals surface area (Å²) < 4.78 is 0. The largest absolute Gasteiger partial charge is 0.398 e. The molecule has 0 amide bonds. The zero-order chi connectivity index (χ0) is 39.5. The van der Waals surface area contributed by atoms with Crippen molar-refractivity contribution >= 4 is 11.3 Å². The second-order valence-electron chi connectivity index (χ2n) is 16.1. The average molecular weight is 718 g/mol. The molecule has 0 fully saturated rings. The van der Waals surface area contributed by atoms with E-state index in [1.807, 2.05) is 6.07 Å². The molecule has 0 aliphatic heterocycles. The first-order valence-corrected chi connectivity index (χ1v) is 20.3. The number of allylic oxidation sites excluding steroid dienone is 4. The monoisotopic (exact) mass is 718 g/mol. The summed E-state index contributed by atoms with van der Waals surface area (Å²) in [7, 11) is 0. The Morgan fingerprint density at radius 1 is 0.537 bits per heavy atom. The molecule has 0 radical (unpaired) electrons. The Bertz CT molecular complexity index is 2080. The number of rotatable bonds is 8. The molecular weight excluding hydrogens is 651 g/mol. The smallest absolute Gasteiger partial charge is 0.0394 e. The molecular formula is C53H67N. The van der Waals surface area contributed by atoms with Crippen LogP contribution >= 0.6 is 0 Å². The molecule has 0 bridgehead atoms. The van der Waals surface area contributed by atoms with E-state index in [1.54, 1.807) is 0 Å². The predicted molar refractivity (Wildman–Crippen MR) is 240 cm³/mol. The van der Waals surface area contributed by atoms with Crippen LogP contribution in [0.2, 0.25) is 0 Å². The van der Waals surface area contributed by atoms with Gasteiger partial charge in [-0.2, -0.15) is 0 Å². The van der Waals surface area contributed by atoms with Crippen molar-refractivity contribution in [2.45, 2.75) is 122 Å². The minimum absolute atomic E-state index is 0.584. The topological polar surface area (TPSA) is 26.0 Å². The molecule has 1 aliphatic rings. The van der Waals surface area contributed by atoms with Crippen LogP contribution in [0.25, 0.3) is 27.8 Å². The van der Waals surface area contributed by atoms with Gasteiger partial charge in [-0.05, 0) is 179 Å². The molecule has 0 saturated carbocycles. The first kappa shape index (κ1) is 42.1. The summed E-state index contributed by atoms with van der Waals surface area (Å²) in [5.74, 6) is 0.584. The lowest BCUT2D eigenvalue weighted by Gasteiger charge is -2.26. The third-order valence-electron chi connectivity index (χ3n) is 11.2. The zero-order valence-electron chi connectivity index (χ0n) is 35.6. The van der Waals surface area contributed by atoms with E-state index in [-0.39, 0.29) is 0 Å². The molecule has 1 nitrogen and oxygen atoms in total. The molecule has 1 atom stereocenters. The van der Waals surface area contributed by atoms with Crippen molar-refractivity contribution in [3.05, 3.63) is 164 Å². The Labute approximate surface area is 329 Å². The standard InChI is InChI=1S/C24H28.C19H25N.C10H14/c1-15-11-18(4)24(19(5)12-15)23-14-16(2)13-22(20(23)6)21-10-8-7-9-17(21)3;1-3-4-5-6-9-16-10-7-8-11-17(16)18-14-15(2)12-13-19(18)20;1-7-5-8(2)10(4)9(3)6-7/h7-11,13-14,19H,12H2,1-6H3;7-8,10-14H,3-6,9,20H2,1-2H3;5-6H,1-4H3. The maximum Gasteiger partial charge on any atom is 0.0394 e. The molecule has 0 aromatic heterocycles. The molecule has 1 aliphatic carbocycles. The lowest BCUT2D eigenvalue weighted by atomic mass is 9.78. The number of aryl methyl sites for hydroxylation is 7. The Morgan fingerprint density at radius 3 is 1.78 bits per heavy atom. The van der Waals surface area contributed by atoms with Crippen molar-refractivity contribution in [3.63, 3.8) is 0 Å². The summed E-state index contributed by atoms with van der Waals surface area (Å²) >= 11 is 0. The van der Waals surface area contributed by atoms with Crippen LogP contribution in [-0.4, -0.2) is 0 Å². The van der Waals surface area contributed by atoms with Gasteiger partial charge in [-0.15, -0.1) is 0 Å². The van der Waals surface area contributed by atoms with Gasteiger partial charge in [-0.1, -0.05) is 135 Å². The predicted octanol–water partition coefficient (Wildman–Crippen LogP) is 15.3. The van der Waals surface area contributed by atoms with Gasteiger partial charge >= 0.3 is 0 Å². The number of anilines is 1. The second kappa shape index (κ2) is 19.6. The molecule has 0 saturated heterocycles. The first-order valence-electron chi connectivity index (χ1n) is 20.3. The fourth-order valence-electron chi connectivity index (χ4n) is 8.15. The van der Waals surface area contributed by atoms with Gasteiger partial charge in [0, 0.05) is 11.3 Å². The van der Waals surface area contributed by atoms with Crippen molar-refractivity contribution in [3.8, 4) is 22.3 Å². The lowest BCUT2D eigenvalue weighted by molar-refractivity contribution is 0.667. The van der Waals surface area contributed by atoms with Crippen LogP contribution in [0.3, 0.4) is 0 Å². The molecule has 1 heteroatoms. The summed E-state index contributed by atoms with van der Waals surface area (Å²) in [6, 6.07) is 32.8. The molecule has 2 N–H and O–H groups in total. The van der Waals surface area contributed by atoms with Crippen molar-refractivity contribution < 1.29 is 0 Å². The minimum Gasteiger partial charge on any atom is -0.398 e. The van der Waals surface area contributed by atoms with E-state index in [0.29, 0.717) is 5.92 Å². The SMILES string of the molecule is CC1=CC(C)=C(c2cc(C)cc(-c3ccccc3C)c2C)C(C)C1.CCCCCCc1ccccc1-c1cc(C)ccc1N.Cc1cc(C)c(C)c(C)c1. The number of nitrogen functional groups attached to an aromatic ring is 1. The van der Waals surface area contributed by atoms with Crippen molar-refractivity contribution in [1.29, 1.82) is 0 Å². The van der Waals surface area contributed by atoms with E-state index in [2.05, 4.69) is 174 Å². The lowest BCUT2D eigenvalue weighted by Crippen LogP contribution is -2.08. The maximum atomic E-state index is 6.17. The van der Waals surface area contributed by atoms with E-state index in [0.717, 1.165) is 12.1 Å². The maximum absolute atomic E-state index is 6.17. The van der Waals surface area contributed by atoms with Crippen LogP contribution in [0.5, 0.6) is 0 Å². The molecule has 0 heterocycles. The van der Waals surface area contributed by atoms with Crippen molar-refractivity contribution in [2.24, 2.45) is 5.92 Å². The van der Waals surface area contributed by atoms with Crippen LogP contribution in [0, 0.1) is 61.3 Å². The van der Waals surface area contributed by atoms with Gasteiger partial charge in [-0.3, -0.25) is 0 Å². The number of nitrogens with two attached hydrogens (primary N) is 1. The Balaban J connectivity index is 0.000000195. The van der Waals surface area contributed by atoms with Gasteiger partial charge in [-0.25, -0.2) is 0 Å². The van der Waals surface area contributed by atoms with Crippen LogP contribution in [0.15, 0.2) is 108 Å². The van der Waals surface area contributed by atoms with Crippen LogP contribution in [0.4, 0.5) is 5.69 Å². The van der Waals surface area contributed by atoms with E-state index < -0.39 is 0 Å². The van der Waals surface area contributed by atoms with Crippen LogP contribution < -0.4 is 5.73 Å². The summed E-state index contributed by atoms with van der Waals surface area (Å²) in [5, 5.41) is 0. The minimum atomic E-state index is 0.584. The average Bonchev–Trinajstić information content (AvgIpc) is 3.12. The quantitative estimate of drug-likeness (QED) is 0.125. The Kier molecular flexibility index (Phi) is 15.3. The van der Waals surface area contributed by atoms with Gasteiger partial charge in [0.1, 0.15) is 0 Å².